The Kier molecular flexibility index (Phi) is 6.33. The molecule has 2 heterocycles. The maximum absolute atomic E-state index is 12.0. The van der Waals surface area contributed by atoms with Gasteiger partial charge in [0.15, 0.2) is 0 Å². The summed E-state index contributed by atoms with van der Waals surface area (Å²) in [5, 5.41) is 12.7. The van der Waals surface area contributed by atoms with E-state index in [1.807, 2.05) is 25.1 Å². The van der Waals surface area contributed by atoms with Crippen LogP contribution < -0.4 is 5.32 Å². The second kappa shape index (κ2) is 8.46. The van der Waals surface area contributed by atoms with Gasteiger partial charge in [0.05, 0.1) is 5.56 Å². The summed E-state index contributed by atoms with van der Waals surface area (Å²) in [7, 11) is 0. The second-order valence-corrected chi connectivity index (χ2v) is 6.75. The average Bonchev–Trinajstić information content (AvgIpc) is 2.56. The van der Waals surface area contributed by atoms with Crippen LogP contribution in [0.1, 0.15) is 43.0 Å². The third kappa shape index (κ3) is 4.80. The highest BCUT2D eigenvalue weighted by Gasteiger charge is 2.10. The molecule has 124 valence electrons. The van der Waals surface area contributed by atoms with E-state index in [0.717, 1.165) is 11.3 Å². The summed E-state index contributed by atoms with van der Waals surface area (Å²) >= 11 is 1.43. The van der Waals surface area contributed by atoms with Crippen LogP contribution in [-0.4, -0.2) is 21.6 Å². The normalized spacial score (nSPS) is 10.5. The first kappa shape index (κ1) is 18.0. The molecule has 5 nitrogen and oxygen atoms in total. The Hall–Kier alpha value is -2.39. The summed E-state index contributed by atoms with van der Waals surface area (Å²) in [6.45, 7) is 6.02. The number of aromatic nitrogens is 2. The first-order valence-corrected chi connectivity index (χ1v) is 8.75. The van der Waals surface area contributed by atoms with Gasteiger partial charge >= 0.3 is 0 Å². The van der Waals surface area contributed by atoms with E-state index in [2.05, 4.69) is 35.2 Å². The number of aryl methyl sites for hydroxylation is 1. The van der Waals surface area contributed by atoms with Gasteiger partial charge in [0.25, 0.3) is 0 Å². The number of nitriles is 1. The topological polar surface area (TPSA) is 78.7 Å². The molecular formula is C18H20N4OS. The molecule has 0 bridgehead atoms. The lowest BCUT2D eigenvalue weighted by atomic mass is 10.1. The van der Waals surface area contributed by atoms with Crippen LogP contribution in [0.4, 0.5) is 5.82 Å². The minimum absolute atomic E-state index is 0.0946. The summed E-state index contributed by atoms with van der Waals surface area (Å²) in [5.74, 6) is 1.35. The van der Waals surface area contributed by atoms with E-state index in [9.17, 15) is 10.1 Å². The molecule has 2 aromatic rings. The molecule has 2 rings (SSSR count). The van der Waals surface area contributed by atoms with Gasteiger partial charge in [-0.25, -0.2) is 9.97 Å². The van der Waals surface area contributed by atoms with E-state index in [1.165, 1.54) is 11.8 Å². The van der Waals surface area contributed by atoms with Gasteiger partial charge in [-0.3, -0.25) is 4.79 Å². The lowest BCUT2D eigenvalue weighted by molar-refractivity contribution is -0.115. The van der Waals surface area contributed by atoms with Crippen molar-refractivity contribution in [2.24, 2.45) is 0 Å². The Labute approximate surface area is 146 Å². The first-order chi connectivity index (χ1) is 11.5. The fourth-order valence-corrected chi connectivity index (χ4v) is 2.94. The highest BCUT2D eigenvalue weighted by Crippen LogP contribution is 2.24. The SMILES string of the molecule is Cc1cccnc1NC(=O)CCSc1nc(C(C)C)ccc1C#N. The number of carbonyl (C=O) groups excluding carboxylic acids is 1. The molecular weight excluding hydrogens is 320 g/mol. The zero-order chi connectivity index (χ0) is 17.5. The van der Waals surface area contributed by atoms with Crippen molar-refractivity contribution < 1.29 is 4.79 Å². The predicted octanol–water partition coefficient (Wildman–Crippen LogP) is 3.90. The molecule has 0 spiro atoms. The lowest BCUT2D eigenvalue weighted by Gasteiger charge is -2.09. The Morgan fingerprint density at radius 3 is 2.83 bits per heavy atom. The minimum Gasteiger partial charge on any atom is -0.310 e. The highest BCUT2D eigenvalue weighted by molar-refractivity contribution is 7.99. The molecule has 24 heavy (non-hydrogen) atoms. The molecule has 0 radical (unpaired) electrons. The van der Waals surface area contributed by atoms with E-state index in [0.29, 0.717) is 34.5 Å². The second-order valence-electron chi connectivity index (χ2n) is 5.67. The standard InChI is InChI=1S/C18H20N4OS/c1-12(2)15-7-6-14(11-19)18(21-15)24-10-8-16(23)22-17-13(3)5-4-9-20-17/h4-7,9,12H,8,10H2,1-3H3,(H,20,22,23). The Bertz CT molecular complexity index is 768. The molecule has 0 atom stereocenters. The summed E-state index contributed by atoms with van der Waals surface area (Å²) in [5.41, 5.74) is 2.42. The van der Waals surface area contributed by atoms with Crippen molar-refractivity contribution in [3.05, 3.63) is 47.3 Å². The molecule has 0 aliphatic heterocycles. The zero-order valence-electron chi connectivity index (χ0n) is 14.0. The van der Waals surface area contributed by atoms with Crippen LogP contribution in [0.5, 0.6) is 0 Å². The van der Waals surface area contributed by atoms with Gasteiger partial charge in [-0.15, -0.1) is 11.8 Å². The fourth-order valence-electron chi connectivity index (χ4n) is 2.02. The fraction of sp³-hybridized carbons (Fsp3) is 0.333. The molecule has 0 aromatic carbocycles. The van der Waals surface area contributed by atoms with Gasteiger partial charge in [-0.05, 0) is 36.6 Å². The van der Waals surface area contributed by atoms with Crippen LogP contribution in [0.15, 0.2) is 35.5 Å². The first-order valence-electron chi connectivity index (χ1n) is 7.76. The van der Waals surface area contributed by atoms with E-state index in [4.69, 9.17) is 0 Å². The van der Waals surface area contributed by atoms with Gasteiger partial charge in [-0.1, -0.05) is 19.9 Å². The molecule has 0 aliphatic carbocycles. The van der Waals surface area contributed by atoms with Crippen molar-refractivity contribution in [2.75, 3.05) is 11.1 Å². The van der Waals surface area contributed by atoms with Crippen molar-refractivity contribution in [3.8, 4) is 6.07 Å². The molecule has 0 fully saturated rings. The number of pyridine rings is 2. The average molecular weight is 340 g/mol. The van der Waals surface area contributed by atoms with Gasteiger partial charge in [0, 0.05) is 24.1 Å². The molecule has 6 heteroatoms. The molecule has 1 amide bonds. The third-order valence-corrected chi connectivity index (χ3v) is 4.42. The Morgan fingerprint density at radius 2 is 2.17 bits per heavy atom. The predicted molar refractivity (Wildman–Crippen MR) is 96.0 cm³/mol. The van der Waals surface area contributed by atoms with E-state index in [-0.39, 0.29) is 5.91 Å². The molecule has 0 unspecified atom stereocenters. The number of hydrogen-bond acceptors (Lipinski definition) is 5. The van der Waals surface area contributed by atoms with Crippen LogP contribution in [0.2, 0.25) is 0 Å². The molecule has 0 saturated carbocycles. The molecule has 0 aliphatic rings. The zero-order valence-corrected chi connectivity index (χ0v) is 14.9. The maximum atomic E-state index is 12.0. The van der Waals surface area contributed by atoms with Crippen molar-refractivity contribution in [1.82, 2.24) is 9.97 Å². The van der Waals surface area contributed by atoms with Crippen LogP contribution >= 0.6 is 11.8 Å². The van der Waals surface area contributed by atoms with E-state index < -0.39 is 0 Å². The summed E-state index contributed by atoms with van der Waals surface area (Å²) in [6, 6.07) is 9.56. The summed E-state index contributed by atoms with van der Waals surface area (Å²) < 4.78 is 0. The van der Waals surface area contributed by atoms with Gasteiger partial charge in [-0.2, -0.15) is 5.26 Å². The smallest absolute Gasteiger partial charge is 0.226 e. The van der Waals surface area contributed by atoms with Gasteiger partial charge in [0.2, 0.25) is 5.91 Å². The van der Waals surface area contributed by atoms with Crippen LogP contribution in [0, 0.1) is 18.3 Å². The quantitative estimate of drug-likeness (QED) is 0.807. The number of carbonyl (C=O) groups is 1. The number of amides is 1. The molecule has 2 aromatic heterocycles. The van der Waals surface area contributed by atoms with E-state index in [1.54, 1.807) is 12.3 Å². The number of hydrogen-bond donors (Lipinski definition) is 1. The van der Waals surface area contributed by atoms with Crippen LogP contribution in [0.3, 0.4) is 0 Å². The number of rotatable bonds is 6. The highest BCUT2D eigenvalue weighted by atomic mass is 32.2. The van der Waals surface area contributed by atoms with Gasteiger partial charge < -0.3 is 5.32 Å². The third-order valence-electron chi connectivity index (χ3n) is 3.43. The number of anilines is 1. The van der Waals surface area contributed by atoms with E-state index >= 15 is 0 Å². The van der Waals surface area contributed by atoms with Gasteiger partial charge in [0.1, 0.15) is 16.9 Å². The van der Waals surface area contributed by atoms with Crippen molar-refractivity contribution in [2.45, 2.75) is 38.1 Å². The summed E-state index contributed by atoms with van der Waals surface area (Å²) in [6.07, 6.45) is 1.98. The number of nitrogens with zero attached hydrogens (tertiary/aromatic N) is 3. The lowest BCUT2D eigenvalue weighted by Crippen LogP contribution is -2.14. The number of thioether (sulfide) groups is 1. The van der Waals surface area contributed by atoms with Crippen LogP contribution in [0.25, 0.3) is 0 Å². The Balaban J connectivity index is 1.94. The number of nitrogens with one attached hydrogen (secondary N) is 1. The Morgan fingerprint density at radius 1 is 1.38 bits per heavy atom. The largest absolute Gasteiger partial charge is 0.310 e. The maximum Gasteiger partial charge on any atom is 0.226 e. The molecule has 0 saturated heterocycles. The van der Waals surface area contributed by atoms with Crippen LogP contribution in [-0.2, 0) is 4.79 Å². The van der Waals surface area contributed by atoms with Crippen molar-refractivity contribution in [1.29, 1.82) is 5.26 Å². The summed E-state index contributed by atoms with van der Waals surface area (Å²) in [4.78, 5) is 20.7. The minimum atomic E-state index is -0.0946. The monoisotopic (exact) mass is 340 g/mol. The van der Waals surface area contributed by atoms with Crippen molar-refractivity contribution >= 4 is 23.5 Å². The van der Waals surface area contributed by atoms with Crippen molar-refractivity contribution in [3.63, 3.8) is 0 Å². The molecule has 1 N–H and O–H groups in total.